The molecule has 1 aromatic heterocycles. The predicted molar refractivity (Wildman–Crippen MR) is 118 cm³/mol. The van der Waals surface area contributed by atoms with Crippen molar-refractivity contribution in [3.8, 4) is 22.4 Å². The smallest absolute Gasteiger partial charge is 0.336 e. The number of carbonyl (C=O) groups is 1. The van der Waals surface area contributed by atoms with E-state index in [1.54, 1.807) is 6.92 Å². The van der Waals surface area contributed by atoms with Gasteiger partial charge in [0.25, 0.3) is 0 Å². The first-order valence-electron chi connectivity index (χ1n) is 9.78. The van der Waals surface area contributed by atoms with Crippen LogP contribution in [0.5, 0.6) is 0 Å². The second kappa shape index (κ2) is 7.38. The molecular weight excluding hydrogens is 377 g/mol. The van der Waals surface area contributed by atoms with Crippen molar-refractivity contribution in [3.05, 3.63) is 88.2 Å². The Hall–Kier alpha value is -3.53. The molecule has 0 spiro atoms. The lowest BCUT2D eigenvalue weighted by atomic mass is 9.91. The Morgan fingerprint density at radius 2 is 1.47 bits per heavy atom. The van der Waals surface area contributed by atoms with E-state index in [-0.39, 0.29) is 5.56 Å². The van der Waals surface area contributed by atoms with Crippen LogP contribution in [0.25, 0.3) is 33.3 Å². The SMILES string of the molecule is Cc1ccc(C)c(-c2ccc(-c3nc4ccc(F)cc4c(C(=O)O)c3C)cc2)c1C. The maximum atomic E-state index is 13.7. The topological polar surface area (TPSA) is 50.2 Å². The first kappa shape index (κ1) is 19.8. The summed E-state index contributed by atoms with van der Waals surface area (Å²) in [5.41, 5.74) is 8.51. The molecule has 0 radical (unpaired) electrons. The van der Waals surface area contributed by atoms with E-state index >= 15 is 0 Å². The summed E-state index contributed by atoms with van der Waals surface area (Å²) in [7, 11) is 0. The van der Waals surface area contributed by atoms with Gasteiger partial charge in [-0.25, -0.2) is 14.2 Å². The Bertz CT molecular complexity index is 1310. The van der Waals surface area contributed by atoms with E-state index in [2.05, 4.69) is 37.9 Å². The average molecular weight is 399 g/mol. The number of benzene rings is 3. The van der Waals surface area contributed by atoms with Crippen molar-refractivity contribution in [1.82, 2.24) is 4.98 Å². The third kappa shape index (κ3) is 3.24. The maximum Gasteiger partial charge on any atom is 0.336 e. The van der Waals surface area contributed by atoms with E-state index in [1.807, 2.05) is 24.3 Å². The molecule has 3 aromatic carbocycles. The molecule has 0 unspecified atom stereocenters. The van der Waals surface area contributed by atoms with E-state index in [4.69, 9.17) is 0 Å². The van der Waals surface area contributed by atoms with E-state index < -0.39 is 11.8 Å². The monoisotopic (exact) mass is 399 g/mol. The Kier molecular flexibility index (Phi) is 4.86. The van der Waals surface area contributed by atoms with Crippen molar-refractivity contribution in [2.45, 2.75) is 27.7 Å². The highest BCUT2D eigenvalue weighted by Gasteiger charge is 2.19. The number of carboxylic acids is 1. The number of nitrogens with zero attached hydrogens (tertiary/aromatic N) is 1. The van der Waals surface area contributed by atoms with Gasteiger partial charge in [0.2, 0.25) is 0 Å². The summed E-state index contributed by atoms with van der Waals surface area (Å²) in [6.45, 7) is 8.05. The van der Waals surface area contributed by atoms with Crippen LogP contribution in [0.1, 0.15) is 32.6 Å². The molecule has 4 rings (SSSR count). The number of fused-ring (bicyclic) bond motifs is 1. The molecule has 0 saturated heterocycles. The first-order valence-corrected chi connectivity index (χ1v) is 9.78. The van der Waals surface area contributed by atoms with Gasteiger partial charge >= 0.3 is 5.97 Å². The van der Waals surface area contributed by atoms with Crippen LogP contribution in [-0.2, 0) is 0 Å². The molecule has 4 heteroatoms. The molecule has 0 atom stereocenters. The normalized spacial score (nSPS) is 11.1. The van der Waals surface area contributed by atoms with Crippen molar-refractivity contribution >= 4 is 16.9 Å². The minimum absolute atomic E-state index is 0.0870. The standard InChI is InChI=1S/C26H22FNO2/c1-14-5-6-15(2)23(16(14)3)18-7-9-19(10-8-18)25-17(4)24(26(29)30)21-13-20(27)11-12-22(21)28-25/h5-13H,1-4H3,(H,29,30). The highest BCUT2D eigenvalue weighted by molar-refractivity contribution is 6.05. The number of carboxylic acid groups (broad SMARTS) is 1. The Morgan fingerprint density at radius 3 is 2.13 bits per heavy atom. The first-order chi connectivity index (χ1) is 14.3. The van der Waals surface area contributed by atoms with E-state index in [0.29, 0.717) is 22.2 Å². The molecule has 0 bridgehead atoms. The van der Waals surface area contributed by atoms with Crippen LogP contribution in [-0.4, -0.2) is 16.1 Å². The predicted octanol–water partition coefficient (Wildman–Crippen LogP) is 6.64. The fraction of sp³-hybridized carbons (Fsp3) is 0.154. The zero-order chi connectivity index (χ0) is 21.6. The average Bonchev–Trinajstić information content (AvgIpc) is 2.71. The molecule has 3 nitrogen and oxygen atoms in total. The van der Waals surface area contributed by atoms with Gasteiger partial charge in [-0.3, -0.25) is 0 Å². The summed E-state index contributed by atoms with van der Waals surface area (Å²) in [6, 6.07) is 16.3. The van der Waals surface area contributed by atoms with Gasteiger partial charge in [0, 0.05) is 10.9 Å². The van der Waals surface area contributed by atoms with E-state index in [9.17, 15) is 14.3 Å². The summed E-state index contributed by atoms with van der Waals surface area (Å²) in [4.78, 5) is 16.6. The fourth-order valence-corrected chi connectivity index (χ4v) is 4.08. The molecular formula is C26H22FNO2. The number of aryl methyl sites for hydroxylation is 2. The Balaban J connectivity index is 1.88. The molecule has 0 aliphatic rings. The van der Waals surface area contributed by atoms with Crippen LogP contribution < -0.4 is 0 Å². The number of rotatable bonds is 3. The van der Waals surface area contributed by atoms with E-state index in [0.717, 1.165) is 11.1 Å². The van der Waals surface area contributed by atoms with Gasteiger partial charge in [-0.1, -0.05) is 36.4 Å². The van der Waals surface area contributed by atoms with Gasteiger partial charge in [0.05, 0.1) is 16.8 Å². The lowest BCUT2D eigenvalue weighted by Gasteiger charge is -2.15. The van der Waals surface area contributed by atoms with Crippen LogP contribution >= 0.6 is 0 Å². The molecule has 0 amide bonds. The number of aromatic carboxylic acids is 1. The zero-order valence-electron chi connectivity index (χ0n) is 17.4. The number of hydrogen-bond donors (Lipinski definition) is 1. The summed E-state index contributed by atoms with van der Waals surface area (Å²) < 4.78 is 13.7. The van der Waals surface area contributed by atoms with Crippen molar-refractivity contribution in [2.24, 2.45) is 0 Å². The molecule has 0 aliphatic heterocycles. The van der Waals surface area contributed by atoms with E-state index in [1.165, 1.54) is 40.5 Å². The maximum absolute atomic E-state index is 13.7. The van der Waals surface area contributed by atoms with Gasteiger partial charge in [-0.2, -0.15) is 0 Å². The molecule has 0 fully saturated rings. The quantitative estimate of drug-likeness (QED) is 0.420. The summed E-state index contributed by atoms with van der Waals surface area (Å²) in [5, 5.41) is 10.1. The lowest BCUT2D eigenvalue weighted by molar-refractivity contribution is 0.0698. The second-order valence-electron chi connectivity index (χ2n) is 7.70. The minimum atomic E-state index is -1.09. The largest absolute Gasteiger partial charge is 0.478 e. The van der Waals surface area contributed by atoms with Crippen LogP contribution in [0.2, 0.25) is 0 Å². The molecule has 30 heavy (non-hydrogen) atoms. The molecule has 4 aromatic rings. The highest BCUT2D eigenvalue weighted by atomic mass is 19.1. The highest BCUT2D eigenvalue weighted by Crippen LogP contribution is 2.33. The fourth-order valence-electron chi connectivity index (χ4n) is 4.08. The number of halogens is 1. The number of pyridine rings is 1. The molecule has 0 saturated carbocycles. The van der Waals surface area contributed by atoms with Gasteiger partial charge in [-0.15, -0.1) is 0 Å². The Labute approximate surface area is 174 Å². The van der Waals surface area contributed by atoms with Crippen molar-refractivity contribution < 1.29 is 14.3 Å². The molecule has 0 aliphatic carbocycles. The third-order valence-corrected chi connectivity index (χ3v) is 5.80. The molecule has 1 N–H and O–H groups in total. The number of aromatic nitrogens is 1. The van der Waals surface area contributed by atoms with Crippen LogP contribution in [0.15, 0.2) is 54.6 Å². The molecule has 150 valence electrons. The lowest BCUT2D eigenvalue weighted by Crippen LogP contribution is -2.05. The van der Waals surface area contributed by atoms with Crippen LogP contribution in [0, 0.1) is 33.5 Å². The van der Waals surface area contributed by atoms with Gasteiger partial charge in [-0.05, 0) is 79.3 Å². The van der Waals surface area contributed by atoms with Crippen molar-refractivity contribution in [3.63, 3.8) is 0 Å². The summed E-state index contributed by atoms with van der Waals surface area (Å²) in [5.74, 6) is -1.57. The Morgan fingerprint density at radius 1 is 0.833 bits per heavy atom. The minimum Gasteiger partial charge on any atom is -0.478 e. The zero-order valence-corrected chi connectivity index (χ0v) is 17.4. The van der Waals surface area contributed by atoms with Crippen LogP contribution in [0.3, 0.4) is 0 Å². The van der Waals surface area contributed by atoms with Gasteiger partial charge in [0.1, 0.15) is 5.82 Å². The summed E-state index contributed by atoms with van der Waals surface area (Å²) >= 11 is 0. The van der Waals surface area contributed by atoms with Crippen molar-refractivity contribution in [2.75, 3.05) is 0 Å². The van der Waals surface area contributed by atoms with Gasteiger partial charge in [0.15, 0.2) is 0 Å². The van der Waals surface area contributed by atoms with Crippen molar-refractivity contribution in [1.29, 1.82) is 0 Å². The molecule has 1 heterocycles. The third-order valence-electron chi connectivity index (χ3n) is 5.80. The van der Waals surface area contributed by atoms with Gasteiger partial charge < -0.3 is 5.11 Å². The number of hydrogen-bond acceptors (Lipinski definition) is 2. The summed E-state index contributed by atoms with van der Waals surface area (Å²) in [6.07, 6.45) is 0. The van der Waals surface area contributed by atoms with Crippen LogP contribution in [0.4, 0.5) is 4.39 Å². The second-order valence-corrected chi connectivity index (χ2v) is 7.70.